The molecule has 1 aliphatic heterocycles. The maximum absolute atomic E-state index is 12.1. The first-order chi connectivity index (χ1) is 12.5. The normalized spacial score (nSPS) is 14.8. The van der Waals surface area contributed by atoms with Gasteiger partial charge in [0.15, 0.2) is 17.2 Å². The second-order valence-corrected chi connectivity index (χ2v) is 5.71. The molecule has 2 aromatic rings. The Balaban J connectivity index is 1.92. The van der Waals surface area contributed by atoms with Crippen molar-refractivity contribution < 1.29 is 23.8 Å². The van der Waals surface area contributed by atoms with Gasteiger partial charge in [-0.3, -0.25) is 4.79 Å². The van der Waals surface area contributed by atoms with Crippen molar-refractivity contribution in [3.63, 3.8) is 0 Å². The molecule has 2 aromatic carbocycles. The summed E-state index contributed by atoms with van der Waals surface area (Å²) in [4.78, 5) is 27.5. The number of carbonyl (C=O) groups excluding carboxylic acids is 2. The highest BCUT2D eigenvalue weighted by Gasteiger charge is 2.24. The van der Waals surface area contributed by atoms with Gasteiger partial charge in [-0.05, 0) is 42.8 Å². The van der Waals surface area contributed by atoms with E-state index in [2.05, 4.69) is 4.99 Å². The number of rotatable bonds is 4. The smallest absolute Gasteiger partial charge is 0.363 e. The molecule has 0 aliphatic carbocycles. The first-order valence-electron chi connectivity index (χ1n) is 7.92. The van der Waals surface area contributed by atoms with Gasteiger partial charge in [-0.2, -0.15) is 0 Å². The Hall–Kier alpha value is -3.41. The lowest BCUT2D eigenvalue weighted by atomic mass is 10.1. The first kappa shape index (κ1) is 17.4. The summed E-state index contributed by atoms with van der Waals surface area (Å²) >= 11 is 0. The Bertz CT molecular complexity index is 943. The highest BCUT2D eigenvalue weighted by molar-refractivity contribution is 6.12. The Morgan fingerprint density at radius 3 is 2.65 bits per heavy atom. The lowest BCUT2D eigenvalue weighted by molar-refractivity contribution is -0.132. The van der Waals surface area contributed by atoms with Gasteiger partial charge in [0, 0.05) is 12.5 Å². The van der Waals surface area contributed by atoms with Crippen LogP contribution >= 0.6 is 0 Å². The molecule has 0 bridgehead atoms. The molecule has 0 unspecified atom stereocenters. The number of methoxy groups -OCH3 is 1. The largest absolute Gasteiger partial charge is 0.493 e. The minimum atomic E-state index is -0.524. The summed E-state index contributed by atoms with van der Waals surface area (Å²) in [6, 6.07) is 12.5. The zero-order valence-electron chi connectivity index (χ0n) is 14.6. The Kier molecular flexibility index (Phi) is 4.84. The number of nitrogens with zero attached hydrogens (tertiary/aromatic N) is 1. The standard InChI is InChI=1S/C20H17NO5/c1-12-5-4-6-15(9-12)19-21-16(20(23)26-19)10-14-7-8-17(25-13(2)22)18(11-14)24-3/h4-11H,1-3H3/b16-10-. The van der Waals surface area contributed by atoms with Crippen LogP contribution in [-0.4, -0.2) is 24.9 Å². The van der Waals surface area contributed by atoms with Crippen LogP contribution in [0.15, 0.2) is 53.2 Å². The molecule has 0 saturated heterocycles. The number of ether oxygens (including phenoxy) is 3. The van der Waals surface area contributed by atoms with E-state index in [1.807, 2.05) is 31.2 Å². The topological polar surface area (TPSA) is 74.2 Å². The van der Waals surface area contributed by atoms with E-state index < -0.39 is 11.9 Å². The molecule has 0 N–H and O–H groups in total. The monoisotopic (exact) mass is 351 g/mol. The van der Waals surface area contributed by atoms with Crippen molar-refractivity contribution in [1.82, 2.24) is 0 Å². The van der Waals surface area contributed by atoms with Crippen LogP contribution in [0.1, 0.15) is 23.6 Å². The number of hydrogen-bond donors (Lipinski definition) is 0. The molecular weight excluding hydrogens is 334 g/mol. The van der Waals surface area contributed by atoms with Gasteiger partial charge < -0.3 is 14.2 Å². The van der Waals surface area contributed by atoms with Gasteiger partial charge in [-0.1, -0.05) is 23.8 Å². The molecular formula is C20H17NO5. The van der Waals surface area contributed by atoms with Gasteiger partial charge in [0.05, 0.1) is 7.11 Å². The van der Waals surface area contributed by atoms with Gasteiger partial charge in [0.2, 0.25) is 5.90 Å². The third-order valence-electron chi connectivity index (χ3n) is 3.63. The van der Waals surface area contributed by atoms with Crippen LogP contribution < -0.4 is 9.47 Å². The summed E-state index contributed by atoms with van der Waals surface area (Å²) in [7, 11) is 1.47. The summed E-state index contributed by atoms with van der Waals surface area (Å²) in [6.45, 7) is 3.26. The van der Waals surface area contributed by atoms with Crippen LogP contribution in [0.2, 0.25) is 0 Å². The van der Waals surface area contributed by atoms with Crippen molar-refractivity contribution in [3.8, 4) is 11.5 Å². The lowest BCUT2D eigenvalue weighted by Crippen LogP contribution is -2.05. The molecule has 0 aromatic heterocycles. The SMILES string of the molecule is COc1cc(/C=C2\N=C(c3cccc(C)c3)OC2=O)ccc1OC(C)=O. The molecule has 6 heteroatoms. The van der Waals surface area contributed by atoms with Crippen LogP contribution in [0.25, 0.3) is 6.08 Å². The fraction of sp³-hybridized carbons (Fsp3) is 0.150. The molecule has 0 atom stereocenters. The number of benzene rings is 2. The van der Waals surface area contributed by atoms with E-state index in [-0.39, 0.29) is 11.6 Å². The second kappa shape index (κ2) is 7.23. The average Bonchev–Trinajstić information content (AvgIpc) is 2.96. The number of hydrogen-bond acceptors (Lipinski definition) is 6. The van der Waals surface area contributed by atoms with E-state index in [4.69, 9.17) is 14.2 Å². The molecule has 0 spiro atoms. The van der Waals surface area contributed by atoms with E-state index in [0.29, 0.717) is 17.1 Å². The van der Waals surface area contributed by atoms with E-state index >= 15 is 0 Å². The van der Waals surface area contributed by atoms with Crippen LogP contribution in [0.4, 0.5) is 0 Å². The minimum absolute atomic E-state index is 0.184. The summed E-state index contributed by atoms with van der Waals surface area (Å²) < 4.78 is 15.6. The number of carbonyl (C=O) groups is 2. The number of cyclic esters (lactones) is 1. The maximum atomic E-state index is 12.1. The first-order valence-corrected chi connectivity index (χ1v) is 7.92. The minimum Gasteiger partial charge on any atom is -0.493 e. The van der Waals surface area contributed by atoms with E-state index in [9.17, 15) is 9.59 Å². The zero-order chi connectivity index (χ0) is 18.7. The summed E-state index contributed by atoms with van der Waals surface area (Å²) in [5.41, 5.74) is 2.64. The molecule has 0 radical (unpaired) electrons. The average molecular weight is 351 g/mol. The molecule has 132 valence electrons. The van der Waals surface area contributed by atoms with Crippen LogP contribution in [0.5, 0.6) is 11.5 Å². The predicted molar refractivity (Wildman–Crippen MR) is 96.1 cm³/mol. The van der Waals surface area contributed by atoms with Gasteiger partial charge >= 0.3 is 11.9 Å². The van der Waals surface area contributed by atoms with Gasteiger partial charge in [-0.25, -0.2) is 9.79 Å². The zero-order valence-corrected chi connectivity index (χ0v) is 14.6. The number of esters is 2. The summed E-state index contributed by atoms with van der Waals surface area (Å²) in [5.74, 6) is -0.0111. The highest BCUT2D eigenvalue weighted by atomic mass is 16.6. The number of aliphatic imine (C=N–C) groups is 1. The molecule has 3 rings (SSSR count). The van der Waals surface area contributed by atoms with Crippen molar-refractivity contribution in [3.05, 3.63) is 64.9 Å². The third kappa shape index (κ3) is 3.80. The Morgan fingerprint density at radius 1 is 1.15 bits per heavy atom. The fourth-order valence-corrected chi connectivity index (χ4v) is 2.48. The molecule has 26 heavy (non-hydrogen) atoms. The third-order valence-corrected chi connectivity index (χ3v) is 3.63. The fourth-order valence-electron chi connectivity index (χ4n) is 2.48. The number of aryl methyl sites for hydroxylation is 1. The quantitative estimate of drug-likeness (QED) is 0.480. The predicted octanol–water partition coefficient (Wildman–Crippen LogP) is 3.27. The van der Waals surface area contributed by atoms with Gasteiger partial charge in [0.25, 0.3) is 0 Å². The lowest BCUT2D eigenvalue weighted by Gasteiger charge is -2.08. The van der Waals surface area contributed by atoms with Gasteiger partial charge in [-0.15, -0.1) is 0 Å². The van der Waals surface area contributed by atoms with Crippen molar-refractivity contribution >= 4 is 23.9 Å². The maximum Gasteiger partial charge on any atom is 0.363 e. The molecule has 1 aliphatic rings. The summed E-state index contributed by atoms with van der Waals surface area (Å²) in [6.07, 6.45) is 1.59. The van der Waals surface area contributed by atoms with Crippen molar-refractivity contribution in [1.29, 1.82) is 0 Å². The van der Waals surface area contributed by atoms with Crippen LogP contribution in [0, 0.1) is 6.92 Å². The molecule has 0 amide bonds. The van der Waals surface area contributed by atoms with Crippen molar-refractivity contribution in [2.24, 2.45) is 4.99 Å². The Labute approximate surface area is 150 Å². The van der Waals surface area contributed by atoms with Crippen LogP contribution in [0.3, 0.4) is 0 Å². The van der Waals surface area contributed by atoms with E-state index in [1.165, 1.54) is 14.0 Å². The van der Waals surface area contributed by atoms with Gasteiger partial charge in [0.1, 0.15) is 0 Å². The van der Waals surface area contributed by atoms with Crippen molar-refractivity contribution in [2.75, 3.05) is 7.11 Å². The van der Waals surface area contributed by atoms with E-state index in [0.717, 1.165) is 11.1 Å². The molecule has 1 heterocycles. The molecule has 0 fully saturated rings. The molecule has 6 nitrogen and oxygen atoms in total. The van der Waals surface area contributed by atoms with Crippen LogP contribution in [-0.2, 0) is 14.3 Å². The van der Waals surface area contributed by atoms with E-state index in [1.54, 1.807) is 24.3 Å². The summed E-state index contributed by atoms with van der Waals surface area (Å²) in [5, 5.41) is 0. The Morgan fingerprint density at radius 2 is 1.96 bits per heavy atom. The highest BCUT2D eigenvalue weighted by Crippen LogP contribution is 2.30. The second-order valence-electron chi connectivity index (χ2n) is 5.71. The van der Waals surface area contributed by atoms with Crippen molar-refractivity contribution in [2.45, 2.75) is 13.8 Å². The molecule has 0 saturated carbocycles.